The molecule has 0 spiro atoms. The molecule has 10 rings (SSSR count). The summed E-state index contributed by atoms with van der Waals surface area (Å²) in [6.45, 7) is 2.36. The minimum absolute atomic E-state index is 0.356. The molecule has 1 aliphatic carbocycles. The molecule has 9 aromatic rings. The van der Waals surface area contributed by atoms with Crippen molar-refractivity contribution in [2.45, 2.75) is 12.3 Å². The molecular weight excluding hydrogens is 621 g/mol. The Hall–Kier alpha value is -6.58. The van der Waals surface area contributed by atoms with Gasteiger partial charge in [0, 0.05) is 32.9 Å². The summed E-state index contributed by atoms with van der Waals surface area (Å²) >= 11 is 0. The number of aromatic nitrogens is 2. The van der Waals surface area contributed by atoms with Gasteiger partial charge in [0.05, 0.1) is 11.4 Å². The van der Waals surface area contributed by atoms with Crippen molar-refractivity contribution in [2.24, 2.45) is 0 Å². The van der Waals surface area contributed by atoms with E-state index in [1.807, 2.05) is 30.3 Å². The molecule has 3 nitrogen and oxygen atoms in total. The SMILES string of the molecule is CC1(c2ccccc2-c2cc(-c3ccc(-c4ccc5oc6ccccc6c5c4)cc3)nc(-c3ccccc3)n2)c2ccccc2-c2ccccc21. The van der Waals surface area contributed by atoms with Crippen LogP contribution in [0, 0.1) is 0 Å². The first-order valence-corrected chi connectivity index (χ1v) is 17.4. The predicted octanol–water partition coefficient (Wildman–Crippen LogP) is 12.4. The largest absolute Gasteiger partial charge is 0.456 e. The van der Waals surface area contributed by atoms with E-state index in [1.54, 1.807) is 0 Å². The van der Waals surface area contributed by atoms with Crippen molar-refractivity contribution >= 4 is 21.9 Å². The number of furan rings is 1. The fourth-order valence-electron chi connectivity index (χ4n) is 8.07. The number of fused-ring (bicyclic) bond motifs is 6. The van der Waals surface area contributed by atoms with Crippen molar-refractivity contribution < 1.29 is 4.42 Å². The highest BCUT2D eigenvalue weighted by Crippen LogP contribution is 2.54. The molecule has 0 N–H and O–H groups in total. The molecule has 0 unspecified atom stereocenters. The van der Waals surface area contributed by atoms with E-state index in [0.717, 1.165) is 61.1 Å². The molecule has 51 heavy (non-hydrogen) atoms. The Balaban J connectivity index is 1.11. The van der Waals surface area contributed by atoms with Gasteiger partial charge in [0.1, 0.15) is 11.2 Å². The molecule has 2 heterocycles. The zero-order chi connectivity index (χ0) is 33.9. The molecule has 3 heteroatoms. The summed E-state index contributed by atoms with van der Waals surface area (Å²) in [6.07, 6.45) is 0. The first kappa shape index (κ1) is 29.3. The lowest BCUT2D eigenvalue weighted by Gasteiger charge is -2.30. The molecule has 240 valence electrons. The number of para-hydroxylation sites is 1. The molecule has 7 aromatic carbocycles. The zero-order valence-corrected chi connectivity index (χ0v) is 28.0. The maximum absolute atomic E-state index is 6.08. The Morgan fingerprint density at radius 1 is 0.392 bits per heavy atom. The minimum Gasteiger partial charge on any atom is -0.456 e. The van der Waals surface area contributed by atoms with Gasteiger partial charge in [-0.1, -0.05) is 152 Å². The van der Waals surface area contributed by atoms with Crippen molar-refractivity contribution in [3.63, 3.8) is 0 Å². The smallest absolute Gasteiger partial charge is 0.160 e. The second kappa shape index (κ2) is 11.5. The Kier molecular flexibility index (Phi) is 6.62. The van der Waals surface area contributed by atoms with Crippen LogP contribution in [0.4, 0.5) is 0 Å². The standard InChI is InChI=1S/C48H32N2O/c1-48(40-19-9-5-15-35(40)36-16-6-10-20-41(36)48)42-21-11-7-18-38(42)44-30-43(49-47(50-44)33-13-3-2-4-14-33)32-25-23-31(24-26-32)34-27-28-46-39(29-34)37-17-8-12-22-45(37)51-46/h2-30H,1H3. The van der Waals surface area contributed by atoms with E-state index >= 15 is 0 Å². The third-order valence-electron chi connectivity index (χ3n) is 10.6. The van der Waals surface area contributed by atoms with Crippen LogP contribution in [0.2, 0.25) is 0 Å². The van der Waals surface area contributed by atoms with Crippen LogP contribution in [0.1, 0.15) is 23.6 Å². The molecule has 0 fully saturated rings. The number of benzene rings is 7. The molecule has 0 atom stereocenters. The van der Waals surface area contributed by atoms with Gasteiger partial charge in [-0.25, -0.2) is 9.97 Å². The molecule has 0 bridgehead atoms. The van der Waals surface area contributed by atoms with Gasteiger partial charge in [-0.2, -0.15) is 0 Å². The highest BCUT2D eigenvalue weighted by molar-refractivity contribution is 6.06. The van der Waals surface area contributed by atoms with Gasteiger partial charge in [0.25, 0.3) is 0 Å². The summed E-state index contributed by atoms with van der Waals surface area (Å²) in [5.74, 6) is 0.705. The topological polar surface area (TPSA) is 38.9 Å². The van der Waals surface area contributed by atoms with Gasteiger partial charge in [-0.3, -0.25) is 0 Å². The molecular formula is C48H32N2O. The lowest BCUT2D eigenvalue weighted by atomic mass is 9.72. The van der Waals surface area contributed by atoms with Crippen molar-refractivity contribution in [2.75, 3.05) is 0 Å². The third-order valence-corrected chi connectivity index (χ3v) is 10.6. The van der Waals surface area contributed by atoms with Crippen LogP contribution < -0.4 is 0 Å². The Morgan fingerprint density at radius 3 is 1.65 bits per heavy atom. The first-order chi connectivity index (χ1) is 25.1. The number of hydrogen-bond acceptors (Lipinski definition) is 3. The first-order valence-electron chi connectivity index (χ1n) is 17.4. The maximum Gasteiger partial charge on any atom is 0.160 e. The number of rotatable bonds is 5. The quantitative estimate of drug-likeness (QED) is 0.186. The Bertz CT molecular complexity index is 2710. The lowest BCUT2D eigenvalue weighted by molar-refractivity contribution is 0.669. The molecule has 0 amide bonds. The normalized spacial score (nSPS) is 13.0. The second-order valence-corrected chi connectivity index (χ2v) is 13.5. The summed E-state index contributed by atoms with van der Waals surface area (Å²) in [5.41, 5.74) is 15.1. The van der Waals surface area contributed by atoms with E-state index in [4.69, 9.17) is 14.4 Å². The van der Waals surface area contributed by atoms with E-state index in [9.17, 15) is 0 Å². The van der Waals surface area contributed by atoms with Gasteiger partial charge in [-0.15, -0.1) is 0 Å². The molecule has 0 saturated heterocycles. The minimum atomic E-state index is -0.356. The summed E-state index contributed by atoms with van der Waals surface area (Å²) in [6, 6.07) is 62.2. The Morgan fingerprint density at radius 2 is 0.922 bits per heavy atom. The second-order valence-electron chi connectivity index (χ2n) is 13.5. The molecule has 0 saturated carbocycles. The van der Waals surface area contributed by atoms with Crippen molar-refractivity contribution in [1.82, 2.24) is 9.97 Å². The van der Waals surface area contributed by atoms with E-state index in [2.05, 4.69) is 153 Å². The van der Waals surface area contributed by atoms with E-state index in [1.165, 1.54) is 27.8 Å². The zero-order valence-electron chi connectivity index (χ0n) is 28.0. The van der Waals surface area contributed by atoms with E-state index < -0.39 is 0 Å². The van der Waals surface area contributed by atoms with Crippen LogP contribution in [0.3, 0.4) is 0 Å². The molecule has 2 aromatic heterocycles. The molecule has 1 aliphatic rings. The summed E-state index contributed by atoms with van der Waals surface area (Å²) < 4.78 is 6.08. The van der Waals surface area contributed by atoms with Crippen molar-refractivity contribution in [3.8, 4) is 56.2 Å². The fourth-order valence-corrected chi connectivity index (χ4v) is 8.07. The van der Waals surface area contributed by atoms with Crippen LogP contribution in [0.25, 0.3) is 78.1 Å². The fraction of sp³-hybridized carbons (Fsp3) is 0.0417. The average Bonchev–Trinajstić information content (AvgIpc) is 3.71. The van der Waals surface area contributed by atoms with Crippen molar-refractivity contribution in [1.29, 1.82) is 0 Å². The highest BCUT2D eigenvalue weighted by atomic mass is 16.3. The van der Waals surface area contributed by atoms with Gasteiger partial charge >= 0.3 is 0 Å². The predicted molar refractivity (Wildman–Crippen MR) is 208 cm³/mol. The van der Waals surface area contributed by atoms with Gasteiger partial charge in [0.15, 0.2) is 5.82 Å². The average molecular weight is 653 g/mol. The van der Waals surface area contributed by atoms with Crippen molar-refractivity contribution in [3.05, 3.63) is 193 Å². The van der Waals surface area contributed by atoms with Gasteiger partial charge in [0.2, 0.25) is 0 Å². The van der Waals surface area contributed by atoms with Gasteiger partial charge in [-0.05, 0) is 70.1 Å². The van der Waals surface area contributed by atoms with Crippen LogP contribution >= 0.6 is 0 Å². The molecule has 0 aliphatic heterocycles. The third kappa shape index (κ3) is 4.66. The van der Waals surface area contributed by atoms with Crippen LogP contribution in [0.15, 0.2) is 180 Å². The van der Waals surface area contributed by atoms with E-state index in [0.29, 0.717) is 5.82 Å². The summed E-state index contributed by atoms with van der Waals surface area (Å²) in [4.78, 5) is 10.4. The maximum atomic E-state index is 6.08. The van der Waals surface area contributed by atoms with Gasteiger partial charge < -0.3 is 4.42 Å². The van der Waals surface area contributed by atoms with Crippen LogP contribution in [0.5, 0.6) is 0 Å². The summed E-state index contributed by atoms with van der Waals surface area (Å²) in [5, 5.41) is 2.26. The summed E-state index contributed by atoms with van der Waals surface area (Å²) in [7, 11) is 0. The monoisotopic (exact) mass is 652 g/mol. The van der Waals surface area contributed by atoms with Crippen LogP contribution in [-0.2, 0) is 5.41 Å². The Labute approximate surface area is 296 Å². The lowest BCUT2D eigenvalue weighted by Crippen LogP contribution is -2.23. The van der Waals surface area contributed by atoms with E-state index in [-0.39, 0.29) is 5.41 Å². The highest BCUT2D eigenvalue weighted by Gasteiger charge is 2.41. The van der Waals surface area contributed by atoms with Crippen LogP contribution in [-0.4, -0.2) is 9.97 Å². The number of hydrogen-bond donors (Lipinski definition) is 0. The molecule has 0 radical (unpaired) electrons. The number of nitrogens with zero attached hydrogens (tertiary/aromatic N) is 2.